The molecular weight excluding hydrogens is 488 g/mol. The standard InChI is InChI=1S/C28H27BrN4O/c1-2-3-7-18-34-25-16-10-21(11-17-25)20-30-33-27-19-26(22-8-5-4-6-9-22)31-28(32-27)23-12-14-24(29)15-13-23/h4-6,8-17,19-20H,2-3,7,18H2,1H3,(H,31,32,33)/b30-20+. The summed E-state index contributed by atoms with van der Waals surface area (Å²) >= 11 is 3.48. The lowest BCUT2D eigenvalue weighted by molar-refractivity contribution is 0.306. The maximum atomic E-state index is 5.77. The summed E-state index contributed by atoms with van der Waals surface area (Å²) in [5.41, 5.74) is 6.82. The van der Waals surface area contributed by atoms with Gasteiger partial charge in [-0.1, -0.05) is 78.2 Å². The van der Waals surface area contributed by atoms with Gasteiger partial charge >= 0.3 is 0 Å². The molecule has 4 aromatic rings. The fraction of sp³-hybridized carbons (Fsp3) is 0.179. The molecule has 1 aromatic heterocycles. The van der Waals surface area contributed by atoms with Gasteiger partial charge in [0.2, 0.25) is 0 Å². The Kier molecular flexibility index (Phi) is 8.41. The molecule has 0 saturated carbocycles. The molecule has 1 N–H and O–H groups in total. The summed E-state index contributed by atoms with van der Waals surface area (Å²) in [7, 11) is 0. The number of anilines is 1. The smallest absolute Gasteiger partial charge is 0.162 e. The van der Waals surface area contributed by atoms with Crippen LogP contribution in [-0.4, -0.2) is 22.8 Å². The molecule has 0 fully saturated rings. The van der Waals surface area contributed by atoms with Crippen LogP contribution < -0.4 is 10.2 Å². The monoisotopic (exact) mass is 514 g/mol. The first-order valence-electron chi connectivity index (χ1n) is 11.4. The summed E-state index contributed by atoms with van der Waals surface area (Å²) in [6.07, 6.45) is 5.23. The van der Waals surface area contributed by atoms with Crippen molar-refractivity contribution in [3.8, 4) is 28.4 Å². The van der Waals surface area contributed by atoms with E-state index in [1.165, 1.54) is 12.8 Å². The van der Waals surface area contributed by atoms with Crippen molar-refractivity contribution in [2.45, 2.75) is 26.2 Å². The predicted molar refractivity (Wildman–Crippen MR) is 143 cm³/mol. The fourth-order valence-corrected chi connectivity index (χ4v) is 3.62. The Morgan fingerprint density at radius 1 is 0.882 bits per heavy atom. The lowest BCUT2D eigenvalue weighted by Crippen LogP contribution is -1.99. The number of unbranched alkanes of at least 4 members (excludes halogenated alkanes) is 2. The molecule has 0 aliphatic rings. The summed E-state index contributed by atoms with van der Waals surface area (Å²) < 4.78 is 6.78. The van der Waals surface area contributed by atoms with Crippen LogP contribution in [0.5, 0.6) is 5.75 Å². The van der Waals surface area contributed by atoms with Gasteiger partial charge in [-0.3, -0.25) is 5.43 Å². The number of benzene rings is 3. The van der Waals surface area contributed by atoms with Crippen LogP contribution in [-0.2, 0) is 0 Å². The highest BCUT2D eigenvalue weighted by atomic mass is 79.9. The van der Waals surface area contributed by atoms with Gasteiger partial charge in [-0.2, -0.15) is 5.10 Å². The summed E-state index contributed by atoms with van der Waals surface area (Å²) in [5.74, 6) is 2.14. The van der Waals surface area contributed by atoms with Gasteiger partial charge in [0.25, 0.3) is 0 Å². The molecule has 0 amide bonds. The van der Waals surface area contributed by atoms with Crippen molar-refractivity contribution in [3.63, 3.8) is 0 Å². The number of hydrogen-bond donors (Lipinski definition) is 1. The van der Waals surface area contributed by atoms with E-state index >= 15 is 0 Å². The van der Waals surface area contributed by atoms with Crippen LogP contribution >= 0.6 is 15.9 Å². The summed E-state index contributed by atoms with van der Waals surface area (Å²) in [4.78, 5) is 9.46. The van der Waals surface area contributed by atoms with E-state index in [0.29, 0.717) is 11.6 Å². The van der Waals surface area contributed by atoms with Crippen molar-refractivity contribution >= 4 is 28.0 Å². The molecule has 4 rings (SSSR count). The van der Waals surface area contributed by atoms with E-state index in [1.54, 1.807) is 6.21 Å². The Bertz CT molecular complexity index is 1210. The second-order valence-corrected chi connectivity index (χ2v) is 8.75. The van der Waals surface area contributed by atoms with Crippen LogP contribution in [0.15, 0.2) is 94.5 Å². The maximum Gasteiger partial charge on any atom is 0.162 e. The molecule has 3 aromatic carbocycles. The van der Waals surface area contributed by atoms with Crippen LogP contribution in [0.2, 0.25) is 0 Å². The summed E-state index contributed by atoms with van der Waals surface area (Å²) in [6.45, 7) is 2.94. The summed E-state index contributed by atoms with van der Waals surface area (Å²) in [6, 6.07) is 27.8. The van der Waals surface area contributed by atoms with Gasteiger partial charge in [0.05, 0.1) is 18.5 Å². The van der Waals surface area contributed by atoms with Crippen molar-refractivity contribution in [3.05, 3.63) is 95.0 Å². The number of halogens is 1. The SMILES string of the molecule is CCCCCOc1ccc(/C=N/Nc2cc(-c3ccccc3)nc(-c3ccc(Br)cc3)n2)cc1. The molecular formula is C28H27BrN4O. The van der Waals surface area contributed by atoms with E-state index in [1.807, 2.05) is 84.9 Å². The van der Waals surface area contributed by atoms with Crippen molar-refractivity contribution < 1.29 is 4.74 Å². The second-order valence-electron chi connectivity index (χ2n) is 7.83. The summed E-state index contributed by atoms with van der Waals surface area (Å²) in [5, 5.41) is 4.40. The fourth-order valence-electron chi connectivity index (χ4n) is 3.35. The number of nitrogens with zero attached hydrogens (tertiary/aromatic N) is 3. The van der Waals surface area contributed by atoms with E-state index in [-0.39, 0.29) is 0 Å². The third-order valence-corrected chi connectivity index (χ3v) is 5.72. The highest BCUT2D eigenvalue weighted by Crippen LogP contribution is 2.25. The average Bonchev–Trinajstić information content (AvgIpc) is 2.88. The molecule has 172 valence electrons. The first kappa shape index (κ1) is 23.6. The number of ether oxygens (including phenoxy) is 1. The van der Waals surface area contributed by atoms with Gasteiger partial charge < -0.3 is 4.74 Å². The van der Waals surface area contributed by atoms with Crippen LogP contribution in [0.1, 0.15) is 31.7 Å². The molecule has 0 aliphatic heterocycles. The lowest BCUT2D eigenvalue weighted by atomic mass is 10.1. The van der Waals surface area contributed by atoms with Crippen LogP contribution in [0.25, 0.3) is 22.6 Å². The molecule has 0 spiro atoms. The molecule has 1 heterocycles. The molecule has 6 heteroatoms. The Balaban J connectivity index is 1.50. The Hall–Kier alpha value is -3.51. The first-order valence-corrected chi connectivity index (χ1v) is 12.2. The molecule has 0 aliphatic carbocycles. The van der Waals surface area contributed by atoms with Gasteiger partial charge in [-0.25, -0.2) is 9.97 Å². The highest BCUT2D eigenvalue weighted by Gasteiger charge is 2.09. The number of hydrogen-bond acceptors (Lipinski definition) is 5. The van der Waals surface area contributed by atoms with Crippen molar-refractivity contribution in [1.29, 1.82) is 0 Å². The van der Waals surface area contributed by atoms with E-state index in [9.17, 15) is 0 Å². The van der Waals surface area contributed by atoms with Gasteiger partial charge in [0.15, 0.2) is 11.6 Å². The third-order valence-electron chi connectivity index (χ3n) is 5.19. The number of nitrogens with one attached hydrogen (secondary N) is 1. The lowest BCUT2D eigenvalue weighted by Gasteiger charge is -2.08. The zero-order valence-corrected chi connectivity index (χ0v) is 20.7. The van der Waals surface area contributed by atoms with Crippen LogP contribution in [0.3, 0.4) is 0 Å². The van der Waals surface area contributed by atoms with E-state index in [4.69, 9.17) is 9.72 Å². The minimum atomic E-state index is 0.624. The zero-order valence-electron chi connectivity index (χ0n) is 19.1. The molecule has 5 nitrogen and oxygen atoms in total. The normalized spacial score (nSPS) is 11.0. The molecule has 0 bridgehead atoms. The third kappa shape index (κ3) is 6.75. The largest absolute Gasteiger partial charge is 0.494 e. The number of aromatic nitrogens is 2. The number of hydrazone groups is 1. The van der Waals surface area contributed by atoms with Gasteiger partial charge in [-0.15, -0.1) is 0 Å². The van der Waals surface area contributed by atoms with Crippen molar-refractivity contribution in [2.75, 3.05) is 12.0 Å². The van der Waals surface area contributed by atoms with Crippen LogP contribution in [0, 0.1) is 0 Å². The van der Waals surface area contributed by atoms with Gasteiger partial charge in [-0.05, 0) is 48.4 Å². The first-order chi connectivity index (χ1) is 16.7. The Morgan fingerprint density at radius 2 is 1.65 bits per heavy atom. The Labute approximate surface area is 209 Å². The molecule has 0 radical (unpaired) electrons. The van der Waals surface area contributed by atoms with Gasteiger partial charge in [0, 0.05) is 21.7 Å². The average molecular weight is 515 g/mol. The van der Waals surface area contributed by atoms with Crippen molar-refractivity contribution in [1.82, 2.24) is 9.97 Å². The maximum absolute atomic E-state index is 5.77. The molecule has 0 atom stereocenters. The van der Waals surface area contributed by atoms with Gasteiger partial charge in [0.1, 0.15) is 5.75 Å². The minimum absolute atomic E-state index is 0.624. The molecule has 0 saturated heterocycles. The second kappa shape index (κ2) is 12.1. The predicted octanol–water partition coefficient (Wildman–Crippen LogP) is 7.59. The van der Waals surface area contributed by atoms with Crippen LogP contribution in [0.4, 0.5) is 5.82 Å². The topological polar surface area (TPSA) is 59.4 Å². The quantitative estimate of drug-likeness (QED) is 0.134. The van der Waals surface area contributed by atoms with E-state index in [0.717, 1.165) is 45.6 Å². The zero-order chi connectivity index (χ0) is 23.6. The molecule has 34 heavy (non-hydrogen) atoms. The molecule has 0 unspecified atom stereocenters. The Morgan fingerprint density at radius 3 is 2.38 bits per heavy atom. The highest BCUT2D eigenvalue weighted by molar-refractivity contribution is 9.10. The number of rotatable bonds is 10. The minimum Gasteiger partial charge on any atom is -0.494 e. The van der Waals surface area contributed by atoms with E-state index in [2.05, 4.69) is 38.4 Å². The van der Waals surface area contributed by atoms with Crippen molar-refractivity contribution in [2.24, 2.45) is 5.10 Å². The van der Waals surface area contributed by atoms with E-state index < -0.39 is 0 Å².